The van der Waals surface area contributed by atoms with Crippen molar-refractivity contribution in [1.29, 1.82) is 0 Å². The van der Waals surface area contributed by atoms with Crippen LogP contribution in [0.15, 0.2) is 12.4 Å². The van der Waals surface area contributed by atoms with Gasteiger partial charge < -0.3 is 5.32 Å². The topological polar surface area (TPSA) is 33.1 Å². The van der Waals surface area contributed by atoms with E-state index in [0.29, 0.717) is 12.0 Å². The summed E-state index contributed by atoms with van der Waals surface area (Å²) in [5.41, 5.74) is 1.39. The summed E-state index contributed by atoms with van der Waals surface area (Å²) in [6.07, 6.45) is 9.51. The number of rotatable bonds is 6. The number of likely N-dealkylation sites (tertiary alicyclic amines) is 1. The van der Waals surface area contributed by atoms with Crippen LogP contribution in [0.1, 0.15) is 51.1 Å². The van der Waals surface area contributed by atoms with Crippen molar-refractivity contribution in [2.75, 3.05) is 26.7 Å². The standard InChI is InChI=1S/C16H30N4/c1-4-9-17-11-14-8-6-7-10-19(3)16(14)15-12-18-20(5-2)13-15/h12-14,16-17H,4-11H2,1-3H3. The Labute approximate surface area is 123 Å². The minimum absolute atomic E-state index is 0.516. The molecular formula is C16H30N4. The highest BCUT2D eigenvalue weighted by molar-refractivity contribution is 5.13. The highest BCUT2D eigenvalue weighted by Crippen LogP contribution is 2.33. The Morgan fingerprint density at radius 1 is 1.35 bits per heavy atom. The fourth-order valence-electron chi connectivity index (χ4n) is 3.33. The maximum absolute atomic E-state index is 4.48. The molecule has 114 valence electrons. The molecule has 2 rings (SSSR count). The summed E-state index contributed by atoms with van der Waals surface area (Å²) in [6, 6.07) is 0.516. The Morgan fingerprint density at radius 2 is 2.20 bits per heavy atom. The molecule has 1 fully saturated rings. The van der Waals surface area contributed by atoms with Gasteiger partial charge in [0.1, 0.15) is 0 Å². The van der Waals surface area contributed by atoms with E-state index in [1.807, 2.05) is 4.68 Å². The largest absolute Gasteiger partial charge is 0.316 e. The molecule has 0 spiro atoms. The molecule has 4 heteroatoms. The van der Waals surface area contributed by atoms with E-state index in [2.05, 4.69) is 48.6 Å². The average Bonchev–Trinajstić information content (AvgIpc) is 2.84. The molecule has 2 heterocycles. The van der Waals surface area contributed by atoms with Gasteiger partial charge in [-0.1, -0.05) is 13.3 Å². The Kier molecular flexibility index (Phi) is 6.05. The van der Waals surface area contributed by atoms with Crippen LogP contribution in [-0.4, -0.2) is 41.4 Å². The molecule has 2 unspecified atom stereocenters. The Bertz CT molecular complexity index is 388. The SMILES string of the molecule is CCCNCC1CCCCN(C)C1c1cnn(CC)c1. The van der Waals surface area contributed by atoms with Crippen LogP contribution in [0, 0.1) is 5.92 Å². The molecule has 0 bridgehead atoms. The highest BCUT2D eigenvalue weighted by atomic mass is 15.3. The molecule has 1 aromatic heterocycles. The summed E-state index contributed by atoms with van der Waals surface area (Å²) in [5.74, 6) is 0.698. The van der Waals surface area contributed by atoms with Crippen molar-refractivity contribution in [3.8, 4) is 0 Å². The van der Waals surface area contributed by atoms with E-state index in [1.165, 1.54) is 37.8 Å². The Balaban J connectivity index is 2.12. The van der Waals surface area contributed by atoms with Gasteiger partial charge in [-0.3, -0.25) is 9.58 Å². The predicted octanol–water partition coefficient (Wildman–Crippen LogP) is 2.68. The van der Waals surface area contributed by atoms with Crippen molar-refractivity contribution in [3.05, 3.63) is 18.0 Å². The monoisotopic (exact) mass is 278 g/mol. The van der Waals surface area contributed by atoms with E-state index >= 15 is 0 Å². The van der Waals surface area contributed by atoms with Crippen LogP contribution in [0.4, 0.5) is 0 Å². The highest BCUT2D eigenvalue weighted by Gasteiger charge is 2.29. The minimum Gasteiger partial charge on any atom is -0.316 e. The van der Waals surface area contributed by atoms with Gasteiger partial charge in [-0.25, -0.2) is 0 Å². The number of hydrogen-bond acceptors (Lipinski definition) is 3. The summed E-state index contributed by atoms with van der Waals surface area (Å²) in [4.78, 5) is 2.53. The van der Waals surface area contributed by atoms with E-state index in [-0.39, 0.29) is 0 Å². The third-order valence-corrected chi connectivity index (χ3v) is 4.41. The van der Waals surface area contributed by atoms with Gasteiger partial charge in [-0.15, -0.1) is 0 Å². The number of nitrogens with zero attached hydrogens (tertiary/aromatic N) is 3. The lowest BCUT2D eigenvalue weighted by Gasteiger charge is -2.32. The van der Waals surface area contributed by atoms with Gasteiger partial charge in [0.15, 0.2) is 0 Å². The summed E-state index contributed by atoms with van der Waals surface area (Å²) in [5, 5.41) is 8.10. The second-order valence-electron chi connectivity index (χ2n) is 6.01. The molecular weight excluding hydrogens is 248 g/mol. The summed E-state index contributed by atoms with van der Waals surface area (Å²) >= 11 is 0. The molecule has 1 aliphatic rings. The van der Waals surface area contributed by atoms with Gasteiger partial charge >= 0.3 is 0 Å². The summed E-state index contributed by atoms with van der Waals surface area (Å²) in [6.45, 7) is 8.78. The van der Waals surface area contributed by atoms with Crippen molar-refractivity contribution in [2.24, 2.45) is 5.92 Å². The zero-order chi connectivity index (χ0) is 14.4. The van der Waals surface area contributed by atoms with Crippen molar-refractivity contribution < 1.29 is 0 Å². The second kappa shape index (κ2) is 7.79. The predicted molar refractivity (Wildman–Crippen MR) is 83.8 cm³/mol. The van der Waals surface area contributed by atoms with Crippen LogP contribution in [0.5, 0.6) is 0 Å². The lowest BCUT2D eigenvalue weighted by atomic mass is 9.91. The first kappa shape index (κ1) is 15.5. The lowest BCUT2D eigenvalue weighted by molar-refractivity contribution is 0.189. The first-order chi connectivity index (χ1) is 9.76. The Hall–Kier alpha value is -0.870. The van der Waals surface area contributed by atoms with Crippen LogP contribution in [0.25, 0.3) is 0 Å². The zero-order valence-corrected chi connectivity index (χ0v) is 13.3. The normalized spacial score (nSPS) is 24.8. The molecule has 20 heavy (non-hydrogen) atoms. The molecule has 4 nitrogen and oxygen atoms in total. The first-order valence-corrected chi connectivity index (χ1v) is 8.19. The van der Waals surface area contributed by atoms with Crippen LogP contribution < -0.4 is 5.32 Å². The van der Waals surface area contributed by atoms with Crippen molar-refractivity contribution in [1.82, 2.24) is 20.0 Å². The average molecular weight is 278 g/mol. The molecule has 1 aromatic rings. The quantitative estimate of drug-likeness (QED) is 0.812. The van der Waals surface area contributed by atoms with Crippen LogP contribution in [-0.2, 0) is 6.54 Å². The number of hydrogen-bond donors (Lipinski definition) is 1. The van der Waals surface area contributed by atoms with Gasteiger partial charge in [0.05, 0.1) is 6.20 Å². The molecule has 0 aromatic carbocycles. The molecule has 0 amide bonds. The number of aryl methyl sites for hydroxylation is 1. The third kappa shape index (κ3) is 3.83. The van der Waals surface area contributed by atoms with E-state index in [1.54, 1.807) is 0 Å². The molecule has 2 atom stereocenters. The van der Waals surface area contributed by atoms with Gasteiger partial charge in [-0.2, -0.15) is 5.10 Å². The maximum Gasteiger partial charge on any atom is 0.0537 e. The van der Waals surface area contributed by atoms with E-state index < -0.39 is 0 Å². The van der Waals surface area contributed by atoms with Gasteiger partial charge in [0, 0.05) is 24.3 Å². The lowest BCUT2D eigenvalue weighted by Crippen LogP contribution is -2.35. The molecule has 0 radical (unpaired) electrons. The van der Waals surface area contributed by atoms with Gasteiger partial charge in [0.25, 0.3) is 0 Å². The molecule has 0 aliphatic carbocycles. The Morgan fingerprint density at radius 3 is 2.90 bits per heavy atom. The van der Waals surface area contributed by atoms with Crippen LogP contribution >= 0.6 is 0 Å². The molecule has 1 N–H and O–H groups in total. The van der Waals surface area contributed by atoms with E-state index in [9.17, 15) is 0 Å². The molecule has 1 saturated heterocycles. The fourth-order valence-corrected chi connectivity index (χ4v) is 3.33. The molecule has 0 saturated carbocycles. The van der Waals surface area contributed by atoms with Gasteiger partial charge in [0.2, 0.25) is 0 Å². The first-order valence-electron chi connectivity index (χ1n) is 8.19. The number of nitrogens with one attached hydrogen (secondary N) is 1. The third-order valence-electron chi connectivity index (χ3n) is 4.41. The second-order valence-corrected chi connectivity index (χ2v) is 6.01. The van der Waals surface area contributed by atoms with Gasteiger partial charge in [-0.05, 0) is 58.8 Å². The van der Waals surface area contributed by atoms with Crippen LogP contribution in [0.3, 0.4) is 0 Å². The maximum atomic E-state index is 4.48. The van der Waals surface area contributed by atoms with E-state index in [4.69, 9.17) is 0 Å². The van der Waals surface area contributed by atoms with Crippen molar-refractivity contribution >= 4 is 0 Å². The zero-order valence-electron chi connectivity index (χ0n) is 13.3. The van der Waals surface area contributed by atoms with E-state index in [0.717, 1.165) is 19.6 Å². The minimum atomic E-state index is 0.516. The van der Waals surface area contributed by atoms with Crippen LogP contribution in [0.2, 0.25) is 0 Å². The summed E-state index contributed by atoms with van der Waals surface area (Å²) in [7, 11) is 2.27. The van der Waals surface area contributed by atoms with Crippen molar-refractivity contribution in [2.45, 2.75) is 52.1 Å². The smallest absolute Gasteiger partial charge is 0.0537 e. The number of aromatic nitrogens is 2. The van der Waals surface area contributed by atoms with Crippen molar-refractivity contribution in [3.63, 3.8) is 0 Å². The summed E-state index contributed by atoms with van der Waals surface area (Å²) < 4.78 is 2.05. The molecule has 1 aliphatic heterocycles. The fraction of sp³-hybridized carbons (Fsp3) is 0.812.